The van der Waals surface area contributed by atoms with Gasteiger partial charge in [0.15, 0.2) is 0 Å². The van der Waals surface area contributed by atoms with Crippen LogP contribution in [-0.2, 0) is 35.8 Å². The minimum Gasteiger partial charge on any atom is -1.00 e. The third-order valence-electron chi connectivity index (χ3n) is 5.89. The van der Waals surface area contributed by atoms with Gasteiger partial charge in [0.1, 0.15) is 0 Å². The zero-order chi connectivity index (χ0) is 24.9. The molecule has 0 atom stereocenters. The molecule has 0 aromatic heterocycles. The Balaban J connectivity index is 0.000000275. The van der Waals surface area contributed by atoms with E-state index in [0.29, 0.717) is 0 Å². The minimum absolute atomic E-state index is 0. The summed E-state index contributed by atoms with van der Waals surface area (Å²) in [5.74, 6) is 0. The van der Waals surface area contributed by atoms with Gasteiger partial charge in [0.2, 0.25) is 0 Å². The van der Waals surface area contributed by atoms with Crippen LogP contribution < -0.4 is 30.0 Å². The fourth-order valence-corrected chi connectivity index (χ4v) is 6.30. The van der Waals surface area contributed by atoms with Gasteiger partial charge in [-0.15, -0.1) is 47.5 Å². The number of halogens is 2. The maximum absolute atomic E-state index is 3.33. The Morgan fingerprint density at radius 3 is 1.46 bits per heavy atom. The van der Waals surface area contributed by atoms with Crippen LogP contribution in [0.15, 0.2) is 103 Å². The molecule has 37 heavy (non-hydrogen) atoms. The van der Waals surface area contributed by atoms with Crippen molar-refractivity contribution in [2.24, 2.45) is 0 Å². The molecule has 0 N–H and O–H groups in total. The maximum atomic E-state index is 3.33. The van der Waals surface area contributed by atoms with Crippen LogP contribution in [0.25, 0.3) is 11.1 Å². The first-order valence-corrected chi connectivity index (χ1v) is 19.8. The van der Waals surface area contributed by atoms with Crippen molar-refractivity contribution >= 4 is 21.8 Å². The second kappa shape index (κ2) is 18.5. The zero-order valence-corrected chi connectivity index (χ0v) is 28.0. The van der Waals surface area contributed by atoms with Gasteiger partial charge in [-0.1, -0.05) is 62.1 Å². The van der Waals surface area contributed by atoms with Crippen molar-refractivity contribution in [2.75, 3.05) is 0 Å². The summed E-state index contributed by atoms with van der Waals surface area (Å²) in [5.41, 5.74) is 7.81. The molecule has 0 radical (unpaired) electrons. The summed E-state index contributed by atoms with van der Waals surface area (Å²) in [6.45, 7) is 6.73. The molecule has 3 aromatic rings. The molecule has 2 aliphatic carbocycles. The van der Waals surface area contributed by atoms with Crippen LogP contribution in [0.5, 0.6) is 0 Å². The van der Waals surface area contributed by atoms with Gasteiger partial charge in [0, 0.05) is 0 Å². The molecule has 0 amide bonds. The molecule has 0 spiro atoms. The number of rotatable bonds is 5. The van der Waals surface area contributed by atoms with Crippen LogP contribution in [0.3, 0.4) is 0 Å². The third kappa shape index (κ3) is 11.3. The molecule has 0 heterocycles. The van der Waals surface area contributed by atoms with Crippen LogP contribution in [0, 0.1) is 12.2 Å². The first kappa shape index (κ1) is 33.3. The smallest absolute Gasteiger partial charge is 1.00 e. The topological polar surface area (TPSA) is 0 Å². The molecular weight excluding hydrogens is 674 g/mol. The molecule has 190 valence electrons. The molecule has 0 saturated heterocycles. The van der Waals surface area contributed by atoms with Crippen molar-refractivity contribution in [3.8, 4) is 0 Å². The summed E-state index contributed by atoms with van der Waals surface area (Å²) in [6, 6.07) is 28.2. The van der Waals surface area contributed by atoms with E-state index in [-0.39, 0.29) is 30.3 Å². The molecular formula is C33H34Cl2HfSi-2. The third-order valence-corrected chi connectivity index (χ3v) is 10.2. The number of allylic oxidation sites excluding steroid dienone is 8. The average molecular weight is 708 g/mol. The van der Waals surface area contributed by atoms with Gasteiger partial charge in [0.05, 0.1) is 0 Å². The van der Waals surface area contributed by atoms with Crippen LogP contribution in [0.2, 0.25) is 6.55 Å². The predicted octanol–water partition coefficient (Wildman–Crippen LogP) is 1.86. The average Bonchev–Trinajstić information content (AvgIpc) is 3.65. The van der Waals surface area contributed by atoms with Crippen LogP contribution in [0.1, 0.15) is 48.9 Å². The Morgan fingerprint density at radius 1 is 0.676 bits per heavy atom. The Labute approximate surface area is 251 Å². The Kier molecular flexibility index (Phi) is 16.7. The summed E-state index contributed by atoms with van der Waals surface area (Å²) in [4.78, 5) is 0. The van der Waals surface area contributed by atoms with Crippen molar-refractivity contribution < 1.29 is 47.8 Å². The molecule has 4 heteroatoms. The standard InChI is InChI=1S/2C13H13.C7H8Si.2ClH.Hf/c2*1-2-11-6-5-9-13(10-11)12-7-3-4-8-12;1-8-7-5-3-2-4-6-7;;;/h2*3,5-7,9-10H,2,4H2,1H3;2-6H,1H3;2*1H;/q2*-1;;;;+2/p-2. The SMILES string of the molecule is CCc1cccc(C2=[C-]CC=C2)c1.CCc1cccc(C2=[C-]CC=C2)c1.C[Si](=[Hf+2])c1ccccc1.[Cl-].[Cl-]. The van der Waals surface area contributed by atoms with E-state index in [1.807, 2.05) is 0 Å². The summed E-state index contributed by atoms with van der Waals surface area (Å²) in [7, 11) is 0. The quantitative estimate of drug-likeness (QED) is 0.281. The Bertz CT molecular complexity index is 1170. The minimum atomic E-state index is -0.0733. The zero-order valence-electron chi connectivity index (χ0n) is 21.9. The normalized spacial score (nSPS) is 12.6. The van der Waals surface area contributed by atoms with Gasteiger partial charge in [-0.3, -0.25) is 0 Å². The molecule has 0 bridgehead atoms. The summed E-state index contributed by atoms with van der Waals surface area (Å²) < 4.78 is 0. The predicted molar refractivity (Wildman–Crippen MR) is 150 cm³/mol. The largest absolute Gasteiger partial charge is 1.00 e. The molecule has 0 unspecified atom stereocenters. The van der Waals surface area contributed by atoms with E-state index < -0.39 is 0 Å². The summed E-state index contributed by atoms with van der Waals surface area (Å²) >= 11 is 1.36. The van der Waals surface area contributed by atoms with E-state index in [2.05, 4.69) is 136 Å². The van der Waals surface area contributed by atoms with E-state index in [9.17, 15) is 0 Å². The molecule has 3 aromatic carbocycles. The number of benzene rings is 3. The van der Waals surface area contributed by atoms with Gasteiger partial charge < -0.3 is 24.8 Å². The first-order chi connectivity index (χ1) is 17.1. The Hall–Kier alpha value is -1.71. The van der Waals surface area contributed by atoms with Crippen LogP contribution in [0.4, 0.5) is 0 Å². The van der Waals surface area contributed by atoms with E-state index in [0.717, 1.165) is 25.7 Å². The van der Waals surface area contributed by atoms with Crippen molar-refractivity contribution in [3.05, 3.63) is 138 Å². The monoisotopic (exact) mass is 708 g/mol. The molecule has 2 aliphatic rings. The second-order valence-electron chi connectivity index (χ2n) is 8.49. The van der Waals surface area contributed by atoms with E-state index >= 15 is 0 Å². The molecule has 0 saturated carbocycles. The van der Waals surface area contributed by atoms with E-state index in [4.69, 9.17) is 0 Å². The van der Waals surface area contributed by atoms with Gasteiger partial charge >= 0.3 is 70.6 Å². The van der Waals surface area contributed by atoms with E-state index in [1.165, 1.54) is 56.4 Å². The maximum Gasteiger partial charge on any atom is -1.00 e. The van der Waals surface area contributed by atoms with Crippen LogP contribution >= 0.6 is 0 Å². The van der Waals surface area contributed by atoms with Gasteiger partial charge in [0.25, 0.3) is 0 Å². The van der Waals surface area contributed by atoms with Crippen molar-refractivity contribution in [3.63, 3.8) is 0 Å². The molecule has 0 nitrogen and oxygen atoms in total. The summed E-state index contributed by atoms with van der Waals surface area (Å²) in [6.07, 6.45) is 19.4. The summed E-state index contributed by atoms with van der Waals surface area (Å²) in [5, 5.41) is 1.58. The number of hydrogen-bond acceptors (Lipinski definition) is 0. The second-order valence-corrected chi connectivity index (χ2v) is 18.4. The molecule has 0 fully saturated rings. The van der Waals surface area contributed by atoms with Gasteiger partial charge in [-0.05, 0) is 12.8 Å². The molecule has 5 rings (SSSR count). The molecule has 0 aliphatic heterocycles. The fourth-order valence-electron chi connectivity index (χ4n) is 3.81. The van der Waals surface area contributed by atoms with Gasteiger partial charge in [-0.25, -0.2) is 0 Å². The van der Waals surface area contributed by atoms with Gasteiger partial charge in [-0.2, -0.15) is 35.5 Å². The Morgan fingerprint density at radius 2 is 1.14 bits per heavy atom. The first-order valence-electron chi connectivity index (χ1n) is 12.4. The van der Waals surface area contributed by atoms with Crippen LogP contribution in [-0.4, -0.2) is 5.49 Å². The van der Waals surface area contributed by atoms with Crippen molar-refractivity contribution in [2.45, 2.75) is 46.1 Å². The van der Waals surface area contributed by atoms with E-state index in [1.54, 1.807) is 5.19 Å². The number of aryl methyl sites for hydroxylation is 2. The number of hydrogen-bond donors (Lipinski definition) is 0. The van der Waals surface area contributed by atoms with Crippen molar-refractivity contribution in [1.29, 1.82) is 0 Å². The van der Waals surface area contributed by atoms with Crippen molar-refractivity contribution in [1.82, 2.24) is 0 Å². The fraction of sp³-hybridized carbons (Fsp3) is 0.212.